The number of carbonyl (C=O) groups excluding carboxylic acids is 1. The van der Waals surface area contributed by atoms with E-state index in [4.69, 9.17) is 4.74 Å². The van der Waals surface area contributed by atoms with E-state index in [2.05, 4.69) is 19.9 Å². The maximum Gasteiger partial charge on any atom is 0.133 e. The Morgan fingerprint density at radius 1 is 1.46 bits per heavy atom. The molecule has 1 rings (SSSR count). The zero-order valence-electron chi connectivity index (χ0n) is 8.51. The van der Waals surface area contributed by atoms with E-state index in [1.165, 1.54) is 5.57 Å². The fourth-order valence-corrected chi connectivity index (χ4v) is 1.43. The fraction of sp³-hybridized carbons (Fsp3) is 0.727. The Morgan fingerprint density at radius 3 is 2.62 bits per heavy atom. The largest absolute Gasteiger partial charge is 0.374 e. The molecule has 2 heteroatoms. The Labute approximate surface area is 80.0 Å². The van der Waals surface area contributed by atoms with Crippen LogP contribution in [0.1, 0.15) is 39.5 Å². The molecule has 13 heavy (non-hydrogen) atoms. The Hall–Kier alpha value is -0.630. The van der Waals surface area contributed by atoms with Gasteiger partial charge in [0.05, 0.1) is 12.7 Å². The van der Waals surface area contributed by atoms with Crippen molar-refractivity contribution in [3.8, 4) is 0 Å². The summed E-state index contributed by atoms with van der Waals surface area (Å²) in [4.78, 5) is 10.9. The third-order valence-electron chi connectivity index (χ3n) is 2.31. The third kappa shape index (κ3) is 4.23. The van der Waals surface area contributed by atoms with Crippen molar-refractivity contribution < 1.29 is 9.53 Å². The normalized spacial score (nSPS) is 18.8. The van der Waals surface area contributed by atoms with Gasteiger partial charge in [-0.3, -0.25) is 4.79 Å². The summed E-state index contributed by atoms with van der Waals surface area (Å²) in [5, 5.41) is 0. The van der Waals surface area contributed by atoms with E-state index in [-0.39, 0.29) is 0 Å². The fourth-order valence-electron chi connectivity index (χ4n) is 1.43. The number of ether oxygens (including phenoxy) is 1. The van der Waals surface area contributed by atoms with Gasteiger partial charge in [0.15, 0.2) is 0 Å². The van der Waals surface area contributed by atoms with Crippen LogP contribution in [-0.2, 0) is 9.53 Å². The molecule has 0 bridgehead atoms. The average Bonchev–Trinajstić information content (AvgIpc) is 2.08. The van der Waals surface area contributed by atoms with E-state index < -0.39 is 0 Å². The Morgan fingerprint density at radius 2 is 2.08 bits per heavy atom. The maximum absolute atomic E-state index is 10.9. The number of ketones is 1. The van der Waals surface area contributed by atoms with Crippen LogP contribution in [0, 0.1) is 0 Å². The molecular formula is C11H18O2. The molecule has 0 N–H and O–H groups in total. The molecule has 1 fully saturated rings. The third-order valence-corrected chi connectivity index (χ3v) is 2.31. The summed E-state index contributed by atoms with van der Waals surface area (Å²) in [7, 11) is 0. The topological polar surface area (TPSA) is 26.3 Å². The van der Waals surface area contributed by atoms with Crippen LogP contribution in [0.25, 0.3) is 0 Å². The highest BCUT2D eigenvalue weighted by atomic mass is 16.5. The van der Waals surface area contributed by atoms with Crippen LogP contribution in [0.15, 0.2) is 11.6 Å². The SMILES string of the molecule is CC(C)=CCOC1CCC(=O)CC1. The van der Waals surface area contributed by atoms with E-state index in [9.17, 15) is 4.79 Å². The number of hydrogen-bond donors (Lipinski definition) is 0. The quantitative estimate of drug-likeness (QED) is 0.627. The minimum absolute atomic E-state index is 0.313. The summed E-state index contributed by atoms with van der Waals surface area (Å²) in [6.07, 6.45) is 5.63. The van der Waals surface area contributed by atoms with Crippen molar-refractivity contribution >= 4 is 5.78 Å². The zero-order chi connectivity index (χ0) is 9.68. The molecule has 0 aromatic heterocycles. The van der Waals surface area contributed by atoms with Gasteiger partial charge < -0.3 is 4.74 Å². The standard InChI is InChI=1S/C11H18O2/c1-9(2)7-8-13-11-5-3-10(12)4-6-11/h7,11H,3-6,8H2,1-2H3. The predicted octanol–water partition coefficient (Wildman–Crippen LogP) is 2.48. The van der Waals surface area contributed by atoms with Crippen molar-refractivity contribution in [2.45, 2.75) is 45.6 Å². The molecule has 0 atom stereocenters. The second-order valence-electron chi connectivity index (χ2n) is 3.85. The summed E-state index contributed by atoms with van der Waals surface area (Å²) in [5.74, 6) is 0.391. The molecule has 0 unspecified atom stereocenters. The molecule has 1 saturated carbocycles. The monoisotopic (exact) mass is 182 g/mol. The van der Waals surface area contributed by atoms with Gasteiger partial charge >= 0.3 is 0 Å². The van der Waals surface area contributed by atoms with E-state index in [1.807, 2.05) is 0 Å². The lowest BCUT2D eigenvalue weighted by Crippen LogP contribution is -2.21. The zero-order valence-corrected chi connectivity index (χ0v) is 8.51. The van der Waals surface area contributed by atoms with E-state index in [1.54, 1.807) is 0 Å². The van der Waals surface area contributed by atoms with E-state index >= 15 is 0 Å². The van der Waals surface area contributed by atoms with Gasteiger partial charge in [-0.25, -0.2) is 0 Å². The van der Waals surface area contributed by atoms with Crippen molar-refractivity contribution in [2.24, 2.45) is 0 Å². The number of Topliss-reactive ketones (excluding diaryl/α,β-unsaturated/α-hetero) is 1. The van der Waals surface area contributed by atoms with Gasteiger partial charge in [0, 0.05) is 12.8 Å². The minimum atomic E-state index is 0.313. The first-order valence-corrected chi connectivity index (χ1v) is 4.95. The lowest BCUT2D eigenvalue weighted by molar-refractivity contribution is -0.122. The molecule has 0 aromatic carbocycles. The van der Waals surface area contributed by atoms with Gasteiger partial charge in [-0.2, -0.15) is 0 Å². The predicted molar refractivity (Wildman–Crippen MR) is 52.6 cm³/mol. The highest BCUT2D eigenvalue weighted by Gasteiger charge is 2.18. The van der Waals surface area contributed by atoms with Gasteiger partial charge in [0.25, 0.3) is 0 Å². The minimum Gasteiger partial charge on any atom is -0.374 e. The molecule has 1 aliphatic rings. The van der Waals surface area contributed by atoms with Crippen molar-refractivity contribution in [1.29, 1.82) is 0 Å². The van der Waals surface area contributed by atoms with Crippen molar-refractivity contribution in [3.63, 3.8) is 0 Å². The molecule has 0 aliphatic heterocycles. The molecule has 2 nitrogen and oxygen atoms in total. The van der Waals surface area contributed by atoms with Gasteiger partial charge in [0.1, 0.15) is 5.78 Å². The van der Waals surface area contributed by atoms with E-state index in [0.717, 1.165) is 12.8 Å². The smallest absolute Gasteiger partial charge is 0.133 e. The first kappa shape index (κ1) is 10.5. The first-order valence-electron chi connectivity index (χ1n) is 4.95. The summed E-state index contributed by atoms with van der Waals surface area (Å²) in [6.45, 7) is 4.82. The van der Waals surface area contributed by atoms with E-state index in [0.29, 0.717) is 31.3 Å². The molecule has 1 aliphatic carbocycles. The summed E-state index contributed by atoms with van der Waals surface area (Å²) < 4.78 is 5.61. The molecule has 74 valence electrons. The van der Waals surface area contributed by atoms with Crippen LogP contribution in [0.5, 0.6) is 0 Å². The second kappa shape index (κ2) is 5.18. The number of allylic oxidation sites excluding steroid dienone is 1. The molecule has 0 amide bonds. The highest BCUT2D eigenvalue weighted by Crippen LogP contribution is 2.17. The number of rotatable bonds is 3. The van der Waals surface area contributed by atoms with Crippen molar-refractivity contribution in [3.05, 3.63) is 11.6 Å². The summed E-state index contributed by atoms with van der Waals surface area (Å²) in [5.41, 5.74) is 1.28. The first-order chi connectivity index (χ1) is 6.18. The molecule has 0 aromatic rings. The van der Waals surface area contributed by atoms with Gasteiger partial charge in [-0.1, -0.05) is 11.6 Å². The number of carbonyl (C=O) groups is 1. The summed E-state index contributed by atoms with van der Waals surface area (Å²) >= 11 is 0. The molecule has 0 radical (unpaired) electrons. The van der Waals surface area contributed by atoms with Crippen LogP contribution in [0.2, 0.25) is 0 Å². The number of hydrogen-bond acceptors (Lipinski definition) is 2. The van der Waals surface area contributed by atoms with Crippen LogP contribution >= 0.6 is 0 Å². The Kier molecular flexibility index (Phi) is 4.16. The average molecular weight is 182 g/mol. The van der Waals surface area contributed by atoms with Crippen LogP contribution in [-0.4, -0.2) is 18.5 Å². The van der Waals surface area contributed by atoms with Gasteiger partial charge in [0.2, 0.25) is 0 Å². The van der Waals surface area contributed by atoms with Crippen molar-refractivity contribution in [2.75, 3.05) is 6.61 Å². The van der Waals surface area contributed by atoms with Crippen LogP contribution < -0.4 is 0 Å². The molecule has 0 saturated heterocycles. The van der Waals surface area contributed by atoms with Gasteiger partial charge in [-0.05, 0) is 26.7 Å². The maximum atomic E-state index is 10.9. The highest BCUT2D eigenvalue weighted by molar-refractivity contribution is 5.79. The summed E-state index contributed by atoms with van der Waals surface area (Å²) in [6, 6.07) is 0. The molecule has 0 spiro atoms. The van der Waals surface area contributed by atoms with Crippen LogP contribution in [0.3, 0.4) is 0 Å². The molecular weight excluding hydrogens is 164 g/mol. The Balaban J connectivity index is 2.16. The second-order valence-corrected chi connectivity index (χ2v) is 3.85. The Bertz CT molecular complexity index is 192. The van der Waals surface area contributed by atoms with Gasteiger partial charge in [-0.15, -0.1) is 0 Å². The lowest BCUT2D eigenvalue weighted by atomic mass is 9.96. The van der Waals surface area contributed by atoms with Crippen LogP contribution in [0.4, 0.5) is 0 Å². The molecule has 0 heterocycles. The lowest BCUT2D eigenvalue weighted by Gasteiger charge is -2.20. The van der Waals surface area contributed by atoms with Crippen molar-refractivity contribution in [1.82, 2.24) is 0 Å².